The van der Waals surface area contributed by atoms with Crippen molar-refractivity contribution in [1.29, 1.82) is 0 Å². The fourth-order valence-electron chi connectivity index (χ4n) is 4.99. The summed E-state index contributed by atoms with van der Waals surface area (Å²) in [6.07, 6.45) is 12.8. The van der Waals surface area contributed by atoms with Crippen molar-refractivity contribution < 1.29 is 0 Å². The van der Waals surface area contributed by atoms with Crippen LogP contribution in [0.15, 0.2) is 72.8 Å². The maximum Gasteiger partial charge on any atom is 0.0397 e. The smallest absolute Gasteiger partial charge is 0.0397 e. The van der Waals surface area contributed by atoms with Gasteiger partial charge in [0.25, 0.3) is 0 Å². The van der Waals surface area contributed by atoms with E-state index in [1.807, 2.05) is 0 Å². The SMILES string of the molecule is Cc1ccc2c(c1)C1(C=CCC=CCC1)c1cc(C)c3ccccc3c1-2. The number of benzene rings is 3. The molecule has 2 aliphatic carbocycles. The first-order valence-corrected chi connectivity index (χ1v) is 9.68. The Morgan fingerprint density at radius 3 is 2.54 bits per heavy atom. The van der Waals surface area contributed by atoms with Crippen LogP contribution < -0.4 is 0 Å². The van der Waals surface area contributed by atoms with Crippen LogP contribution in [0.2, 0.25) is 0 Å². The molecular weight excluding hydrogens is 312 g/mol. The highest BCUT2D eigenvalue weighted by atomic mass is 14.4. The molecule has 1 spiro atoms. The van der Waals surface area contributed by atoms with E-state index in [-0.39, 0.29) is 5.41 Å². The van der Waals surface area contributed by atoms with Gasteiger partial charge in [0.2, 0.25) is 0 Å². The van der Waals surface area contributed by atoms with Crippen molar-refractivity contribution in [3.05, 3.63) is 95.1 Å². The fourth-order valence-corrected chi connectivity index (χ4v) is 4.99. The zero-order chi connectivity index (χ0) is 17.7. The zero-order valence-electron chi connectivity index (χ0n) is 15.5. The molecule has 0 saturated heterocycles. The number of hydrogen-bond acceptors (Lipinski definition) is 0. The van der Waals surface area contributed by atoms with Crippen LogP contribution in [0.4, 0.5) is 0 Å². The lowest BCUT2D eigenvalue weighted by Crippen LogP contribution is -2.23. The van der Waals surface area contributed by atoms with Crippen molar-refractivity contribution >= 4 is 10.8 Å². The molecule has 0 radical (unpaired) electrons. The molecule has 0 heteroatoms. The minimum absolute atomic E-state index is 0.0102. The number of allylic oxidation sites excluding steroid dienone is 4. The van der Waals surface area contributed by atoms with E-state index >= 15 is 0 Å². The highest BCUT2D eigenvalue weighted by molar-refractivity contribution is 6.04. The second-order valence-corrected chi connectivity index (χ2v) is 7.83. The van der Waals surface area contributed by atoms with Gasteiger partial charge in [0.1, 0.15) is 0 Å². The summed E-state index contributed by atoms with van der Waals surface area (Å²) >= 11 is 0. The lowest BCUT2D eigenvalue weighted by atomic mass is 9.72. The van der Waals surface area contributed by atoms with E-state index in [1.165, 1.54) is 44.2 Å². The van der Waals surface area contributed by atoms with Crippen LogP contribution in [-0.2, 0) is 5.41 Å². The maximum atomic E-state index is 2.49. The summed E-state index contributed by atoms with van der Waals surface area (Å²) in [4.78, 5) is 0. The van der Waals surface area contributed by atoms with Gasteiger partial charge >= 0.3 is 0 Å². The molecule has 0 amide bonds. The average Bonchev–Trinajstić information content (AvgIpc) is 2.88. The second-order valence-electron chi connectivity index (χ2n) is 7.83. The Balaban J connectivity index is 1.93. The van der Waals surface area contributed by atoms with Crippen LogP contribution in [0.5, 0.6) is 0 Å². The van der Waals surface area contributed by atoms with Crippen molar-refractivity contribution in [3.63, 3.8) is 0 Å². The summed E-state index contributed by atoms with van der Waals surface area (Å²) in [6.45, 7) is 4.48. The Hall–Kier alpha value is -2.60. The monoisotopic (exact) mass is 336 g/mol. The molecule has 26 heavy (non-hydrogen) atoms. The van der Waals surface area contributed by atoms with Crippen molar-refractivity contribution in [2.45, 2.75) is 38.5 Å². The summed E-state index contributed by atoms with van der Waals surface area (Å²) in [5.74, 6) is 0. The molecule has 0 fully saturated rings. The molecule has 0 bridgehead atoms. The lowest BCUT2D eigenvalue weighted by Gasteiger charge is -2.30. The largest absolute Gasteiger partial charge is 0.0882 e. The van der Waals surface area contributed by atoms with Crippen LogP contribution in [-0.4, -0.2) is 0 Å². The normalized spacial score (nSPS) is 20.8. The predicted octanol–water partition coefficient (Wildman–Crippen LogP) is 7.02. The van der Waals surface area contributed by atoms with Crippen molar-refractivity contribution in [2.75, 3.05) is 0 Å². The molecule has 0 aromatic heterocycles. The molecule has 1 atom stereocenters. The average molecular weight is 336 g/mol. The molecule has 0 N–H and O–H groups in total. The van der Waals surface area contributed by atoms with E-state index < -0.39 is 0 Å². The van der Waals surface area contributed by atoms with Crippen LogP contribution >= 0.6 is 0 Å². The van der Waals surface area contributed by atoms with Gasteiger partial charge in [-0.3, -0.25) is 0 Å². The minimum atomic E-state index is 0.0102. The summed E-state index contributed by atoms with van der Waals surface area (Å²) in [7, 11) is 0. The summed E-state index contributed by atoms with van der Waals surface area (Å²) in [5.41, 5.74) is 8.62. The van der Waals surface area contributed by atoms with Gasteiger partial charge in [-0.05, 0) is 71.7 Å². The number of rotatable bonds is 0. The number of aryl methyl sites for hydroxylation is 2. The van der Waals surface area contributed by atoms with Crippen molar-refractivity contribution in [1.82, 2.24) is 0 Å². The lowest BCUT2D eigenvalue weighted by molar-refractivity contribution is 0.596. The first-order chi connectivity index (χ1) is 12.7. The number of fused-ring (bicyclic) bond motifs is 7. The Labute approximate surface area is 155 Å². The van der Waals surface area contributed by atoms with Gasteiger partial charge in [-0.2, -0.15) is 0 Å². The molecule has 0 heterocycles. The molecule has 0 nitrogen and oxygen atoms in total. The van der Waals surface area contributed by atoms with Gasteiger partial charge in [-0.1, -0.05) is 78.4 Å². The third-order valence-corrected chi connectivity index (χ3v) is 6.20. The Morgan fingerprint density at radius 2 is 1.65 bits per heavy atom. The third kappa shape index (κ3) is 2.08. The minimum Gasteiger partial charge on any atom is -0.0882 e. The van der Waals surface area contributed by atoms with Gasteiger partial charge in [-0.15, -0.1) is 0 Å². The first-order valence-electron chi connectivity index (χ1n) is 9.68. The molecule has 5 rings (SSSR count). The predicted molar refractivity (Wildman–Crippen MR) is 112 cm³/mol. The summed E-state index contributed by atoms with van der Waals surface area (Å²) < 4.78 is 0. The topological polar surface area (TPSA) is 0 Å². The molecular formula is C26H24. The quantitative estimate of drug-likeness (QED) is 0.387. The summed E-state index contributed by atoms with van der Waals surface area (Å²) in [5, 5.41) is 2.78. The van der Waals surface area contributed by atoms with Gasteiger partial charge < -0.3 is 0 Å². The zero-order valence-corrected chi connectivity index (χ0v) is 15.5. The van der Waals surface area contributed by atoms with E-state index in [9.17, 15) is 0 Å². The standard InChI is InChI=1S/C26H24/c1-18-12-13-22-23(16-18)26(14-8-4-3-5-9-15-26)24-17-19(2)20-10-6-7-11-21(20)25(22)24/h3-4,6-7,9-13,15-17H,5,8,14H2,1-2H3. The molecule has 128 valence electrons. The second kappa shape index (κ2) is 5.71. The van der Waals surface area contributed by atoms with E-state index in [4.69, 9.17) is 0 Å². The molecule has 2 aliphatic rings. The molecule has 3 aromatic rings. The Bertz CT molecular complexity index is 1080. The molecule has 1 unspecified atom stereocenters. The molecule has 0 saturated carbocycles. The van der Waals surface area contributed by atoms with Gasteiger partial charge in [0.05, 0.1) is 0 Å². The van der Waals surface area contributed by atoms with Gasteiger partial charge in [0, 0.05) is 5.41 Å². The van der Waals surface area contributed by atoms with Crippen LogP contribution in [0.3, 0.4) is 0 Å². The Morgan fingerprint density at radius 1 is 0.808 bits per heavy atom. The van der Waals surface area contributed by atoms with E-state index in [0.29, 0.717) is 0 Å². The highest BCUT2D eigenvalue weighted by Crippen LogP contribution is 2.55. The summed E-state index contributed by atoms with van der Waals surface area (Å²) in [6, 6.07) is 18.4. The highest BCUT2D eigenvalue weighted by Gasteiger charge is 2.41. The third-order valence-electron chi connectivity index (χ3n) is 6.20. The van der Waals surface area contributed by atoms with Crippen LogP contribution in [0.25, 0.3) is 21.9 Å². The maximum absolute atomic E-state index is 2.49. The van der Waals surface area contributed by atoms with Crippen molar-refractivity contribution in [2.24, 2.45) is 0 Å². The van der Waals surface area contributed by atoms with E-state index in [0.717, 1.165) is 19.3 Å². The van der Waals surface area contributed by atoms with Gasteiger partial charge in [-0.25, -0.2) is 0 Å². The first kappa shape index (κ1) is 15.6. The van der Waals surface area contributed by atoms with E-state index in [1.54, 1.807) is 0 Å². The van der Waals surface area contributed by atoms with Crippen LogP contribution in [0, 0.1) is 13.8 Å². The fraction of sp³-hybridized carbons (Fsp3) is 0.231. The van der Waals surface area contributed by atoms with E-state index in [2.05, 4.69) is 86.7 Å². The molecule has 0 aliphatic heterocycles. The van der Waals surface area contributed by atoms with Crippen LogP contribution in [0.1, 0.15) is 41.5 Å². The molecule has 3 aromatic carbocycles. The van der Waals surface area contributed by atoms with Crippen molar-refractivity contribution in [3.8, 4) is 11.1 Å². The Kier molecular flexibility index (Phi) is 3.43. The number of hydrogen-bond donors (Lipinski definition) is 0. The van der Waals surface area contributed by atoms with Gasteiger partial charge in [0.15, 0.2) is 0 Å².